The number of H-pyrrole nitrogens is 1. The third kappa shape index (κ3) is 2.47. The quantitative estimate of drug-likeness (QED) is 0.750. The van der Waals surface area contributed by atoms with Gasteiger partial charge in [0, 0.05) is 6.04 Å². The highest BCUT2D eigenvalue weighted by molar-refractivity contribution is 7.71. The lowest BCUT2D eigenvalue weighted by Gasteiger charge is -2.18. The van der Waals surface area contributed by atoms with Crippen molar-refractivity contribution in [2.75, 3.05) is 0 Å². The van der Waals surface area contributed by atoms with E-state index in [1.54, 1.807) is 0 Å². The number of fused-ring (bicyclic) bond motifs is 1. The van der Waals surface area contributed by atoms with E-state index in [1.807, 2.05) is 18.2 Å². The highest BCUT2D eigenvalue weighted by atomic mass is 35.5. The largest absolute Gasteiger partial charge is 0.331 e. The minimum absolute atomic E-state index is 0.362. The smallest absolute Gasteiger partial charge is 0.178 e. The molecule has 1 aromatic carbocycles. The first-order valence-corrected chi connectivity index (χ1v) is 7.22. The van der Waals surface area contributed by atoms with Gasteiger partial charge >= 0.3 is 0 Å². The fourth-order valence-corrected chi connectivity index (χ4v) is 3.06. The summed E-state index contributed by atoms with van der Waals surface area (Å²) in [5, 5.41) is 0.760. The van der Waals surface area contributed by atoms with Crippen molar-refractivity contribution in [1.82, 2.24) is 9.55 Å². The van der Waals surface area contributed by atoms with Crippen molar-refractivity contribution in [2.45, 2.75) is 39.7 Å². The van der Waals surface area contributed by atoms with Crippen LogP contribution in [0.1, 0.15) is 39.7 Å². The number of nitrogens with zero attached hydrogens (tertiary/aromatic N) is 1. The Morgan fingerprint density at radius 3 is 2.78 bits per heavy atom. The lowest BCUT2D eigenvalue weighted by Crippen LogP contribution is -2.09. The van der Waals surface area contributed by atoms with Crippen molar-refractivity contribution in [3.63, 3.8) is 0 Å². The van der Waals surface area contributed by atoms with E-state index in [-0.39, 0.29) is 0 Å². The minimum atomic E-state index is 0.362. The van der Waals surface area contributed by atoms with Gasteiger partial charge in [-0.05, 0) is 43.6 Å². The number of halogens is 1. The molecule has 18 heavy (non-hydrogen) atoms. The van der Waals surface area contributed by atoms with Crippen LogP contribution in [0, 0.1) is 10.7 Å². The summed E-state index contributed by atoms with van der Waals surface area (Å²) in [6.45, 7) is 6.70. The van der Waals surface area contributed by atoms with E-state index in [0.29, 0.717) is 12.0 Å². The van der Waals surface area contributed by atoms with Crippen LogP contribution in [-0.4, -0.2) is 9.55 Å². The monoisotopic (exact) mass is 282 g/mol. The van der Waals surface area contributed by atoms with Gasteiger partial charge in [-0.1, -0.05) is 37.9 Å². The first-order chi connectivity index (χ1) is 8.54. The van der Waals surface area contributed by atoms with Crippen molar-refractivity contribution in [2.24, 2.45) is 5.92 Å². The average Bonchev–Trinajstić information content (AvgIpc) is 2.66. The molecule has 0 bridgehead atoms. The molecule has 0 aliphatic heterocycles. The zero-order chi connectivity index (χ0) is 13.3. The van der Waals surface area contributed by atoms with Gasteiger partial charge in [0.05, 0.1) is 16.1 Å². The molecule has 1 N–H and O–H groups in total. The molecule has 2 unspecified atom stereocenters. The molecule has 1 heterocycles. The number of hydrogen-bond donors (Lipinski definition) is 1. The van der Waals surface area contributed by atoms with E-state index in [9.17, 15) is 0 Å². The molecule has 2 aromatic rings. The van der Waals surface area contributed by atoms with Crippen molar-refractivity contribution < 1.29 is 0 Å². The predicted molar refractivity (Wildman–Crippen MR) is 80.9 cm³/mol. The van der Waals surface area contributed by atoms with E-state index in [0.717, 1.165) is 27.2 Å². The van der Waals surface area contributed by atoms with E-state index in [4.69, 9.17) is 23.8 Å². The van der Waals surface area contributed by atoms with Crippen LogP contribution >= 0.6 is 23.8 Å². The van der Waals surface area contributed by atoms with Gasteiger partial charge in [0.15, 0.2) is 4.77 Å². The molecule has 0 aliphatic rings. The van der Waals surface area contributed by atoms with Gasteiger partial charge in [-0.3, -0.25) is 0 Å². The van der Waals surface area contributed by atoms with Crippen LogP contribution in [0.2, 0.25) is 5.02 Å². The Morgan fingerprint density at radius 1 is 1.39 bits per heavy atom. The molecular formula is C14H19ClN2S. The fourth-order valence-electron chi connectivity index (χ4n) is 2.41. The Hall–Kier alpha value is -0.800. The van der Waals surface area contributed by atoms with E-state index < -0.39 is 0 Å². The molecule has 4 heteroatoms. The molecule has 0 aliphatic carbocycles. The van der Waals surface area contributed by atoms with Crippen molar-refractivity contribution in [3.8, 4) is 0 Å². The Balaban J connectivity index is 2.50. The first kappa shape index (κ1) is 13.6. The van der Waals surface area contributed by atoms with E-state index >= 15 is 0 Å². The van der Waals surface area contributed by atoms with Crippen LogP contribution in [0.15, 0.2) is 18.2 Å². The summed E-state index contributed by atoms with van der Waals surface area (Å²) in [6.07, 6.45) is 2.30. The summed E-state index contributed by atoms with van der Waals surface area (Å²) in [6, 6.07) is 6.24. The van der Waals surface area contributed by atoms with Crippen LogP contribution in [0.25, 0.3) is 11.0 Å². The summed E-state index contributed by atoms with van der Waals surface area (Å²) in [5.41, 5.74) is 2.04. The highest BCUT2D eigenvalue weighted by Crippen LogP contribution is 2.29. The van der Waals surface area contributed by atoms with Crippen molar-refractivity contribution in [1.29, 1.82) is 0 Å². The Kier molecular flexibility index (Phi) is 4.13. The molecule has 1 aromatic heterocycles. The van der Waals surface area contributed by atoms with Crippen molar-refractivity contribution >= 4 is 34.9 Å². The third-order valence-electron chi connectivity index (χ3n) is 3.57. The van der Waals surface area contributed by atoms with Gasteiger partial charge in [-0.25, -0.2) is 0 Å². The summed E-state index contributed by atoms with van der Waals surface area (Å²) >= 11 is 11.7. The summed E-state index contributed by atoms with van der Waals surface area (Å²) in [7, 11) is 0. The molecule has 2 nitrogen and oxygen atoms in total. The van der Waals surface area contributed by atoms with Gasteiger partial charge in [0.1, 0.15) is 0 Å². The Labute approximate surface area is 118 Å². The van der Waals surface area contributed by atoms with Gasteiger partial charge in [-0.2, -0.15) is 0 Å². The maximum atomic E-state index is 6.30. The van der Waals surface area contributed by atoms with Crippen LogP contribution in [0.5, 0.6) is 0 Å². The molecule has 0 amide bonds. The molecule has 0 radical (unpaired) electrons. The summed E-state index contributed by atoms with van der Waals surface area (Å²) in [4.78, 5) is 3.23. The zero-order valence-electron chi connectivity index (χ0n) is 11.0. The summed E-state index contributed by atoms with van der Waals surface area (Å²) in [5.74, 6) is 0.689. The maximum absolute atomic E-state index is 6.30. The highest BCUT2D eigenvalue weighted by Gasteiger charge is 2.15. The van der Waals surface area contributed by atoms with Crippen LogP contribution in [0.4, 0.5) is 0 Å². The molecule has 0 spiro atoms. The average molecular weight is 283 g/mol. The second-order valence-electron chi connectivity index (χ2n) is 5.03. The lowest BCUT2D eigenvalue weighted by molar-refractivity contribution is 0.402. The third-order valence-corrected chi connectivity index (χ3v) is 4.17. The van der Waals surface area contributed by atoms with Crippen LogP contribution < -0.4 is 0 Å². The standard InChI is InChI=1S/C14H19ClN2S/c1-4-9(2)8-10(3)17-13-11(15)6-5-7-12(13)16-14(17)18/h5-7,9-10H,4,8H2,1-3H3,(H,16,18). The van der Waals surface area contributed by atoms with Gasteiger partial charge < -0.3 is 9.55 Å². The number of rotatable bonds is 4. The molecule has 2 rings (SSSR count). The SMILES string of the molecule is CCC(C)CC(C)n1c(=S)[nH]c2cccc(Cl)c21. The predicted octanol–water partition coefficient (Wildman–Crippen LogP) is 5.35. The normalized spacial score (nSPS) is 14.9. The fraction of sp³-hybridized carbons (Fsp3) is 0.500. The van der Waals surface area contributed by atoms with Crippen molar-refractivity contribution in [3.05, 3.63) is 28.0 Å². The number of hydrogen-bond acceptors (Lipinski definition) is 1. The van der Waals surface area contributed by atoms with E-state index in [1.165, 1.54) is 6.42 Å². The molecule has 0 saturated carbocycles. The van der Waals surface area contributed by atoms with Crippen LogP contribution in [0.3, 0.4) is 0 Å². The zero-order valence-corrected chi connectivity index (χ0v) is 12.6. The number of para-hydroxylation sites is 1. The lowest BCUT2D eigenvalue weighted by atomic mass is 10.0. The minimum Gasteiger partial charge on any atom is -0.331 e. The topological polar surface area (TPSA) is 20.7 Å². The number of aromatic nitrogens is 2. The van der Waals surface area contributed by atoms with Gasteiger partial charge in [-0.15, -0.1) is 0 Å². The number of imidazole rings is 1. The van der Waals surface area contributed by atoms with Crippen LogP contribution in [-0.2, 0) is 0 Å². The second-order valence-corrected chi connectivity index (χ2v) is 5.83. The van der Waals surface area contributed by atoms with Gasteiger partial charge in [0.25, 0.3) is 0 Å². The number of nitrogens with one attached hydrogen (secondary N) is 1. The second kappa shape index (κ2) is 5.45. The Morgan fingerprint density at radius 2 is 2.11 bits per heavy atom. The summed E-state index contributed by atoms with van der Waals surface area (Å²) < 4.78 is 2.91. The molecule has 0 fully saturated rings. The maximum Gasteiger partial charge on any atom is 0.178 e. The van der Waals surface area contributed by atoms with E-state index in [2.05, 4.69) is 30.3 Å². The number of aromatic amines is 1. The molecule has 2 atom stereocenters. The molecule has 98 valence electrons. The molecule has 0 saturated heterocycles. The van der Waals surface area contributed by atoms with Gasteiger partial charge in [0.2, 0.25) is 0 Å². The molecular weight excluding hydrogens is 264 g/mol. The number of benzene rings is 1. The first-order valence-electron chi connectivity index (χ1n) is 6.43. The Bertz CT molecular complexity index is 599.